The predicted molar refractivity (Wildman–Crippen MR) is 56.2 cm³/mol. The zero-order chi connectivity index (χ0) is 13.0. The van der Waals surface area contributed by atoms with Gasteiger partial charge in [-0.15, -0.1) is 0 Å². The molecule has 1 heterocycles. The molecular formula is C11H13F2NO3. The number of hydrogen-bond acceptors (Lipinski definition) is 4. The normalized spacial score (nSPS) is 10.5. The molecule has 0 saturated heterocycles. The lowest BCUT2D eigenvalue weighted by Crippen LogP contribution is -2.10. The number of hydrogen-bond donors (Lipinski definition) is 0. The highest BCUT2D eigenvalue weighted by Gasteiger charge is 2.20. The molecule has 0 atom stereocenters. The Labute approximate surface area is 97.6 Å². The zero-order valence-electron chi connectivity index (χ0n) is 9.79. The molecule has 0 aliphatic heterocycles. The maximum absolute atomic E-state index is 12.8. The van der Waals surface area contributed by atoms with Gasteiger partial charge in [-0.25, -0.2) is 13.8 Å². The van der Waals surface area contributed by atoms with E-state index in [9.17, 15) is 13.6 Å². The van der Waals surface area contributed by atoms with Crippen molar-refractivity contribution < 1.29 is 23.0 Å². The van der Waals surface area contributed by atoms with Crippen molar-refractivity contribution in [1.82, 2.24) is 4.98 Å². The van der Waals surface area contributed by atoms with Crippen LogP contribution < -0.4 is 4.74 Å². The highest BCUT2D eigenvalue weighted by atomic mass is 19.3. The Morgan fingerprint density at radius 3 is 2.59 bits per heavy atom. The second kappa shape index (κ2) is 5.56. The molecule has 6 heteroatoms. The highest BCUT2D eigenvalue weighted by molar-refractivity contribution is 5.73. The topological polar surface area (TPSA) is 48.4 Å². The van der Waals surface area contributed by atoms with Crippen LogP contribution in [-0.4, -0.2) is 25.2 Å². The molecule has 0 aliphatic rings. The van der Waals surface area contributed by atoms with E-state index in [1.54, 1.807) is 6.92 Å². The number of pyridine rings is 1. The second-order valence-corrected chi connectivity index (χ2v) is 3.37. The van der Waals surface area contributed by atoms with Gasteiger partial charge in [-0.2, -0.15) is 0 Å². The number of alkyl halides is 2. The summed E-state index contributed by atoms with van der Waals surface area (Å²) < 4.78 is 35.0. The van der Waals surface area contributed by atoms with Gasteiger partial charge < -0.3 is 9.47 Å². The molecule has 0 unspecified atom stereocenters. The van der Waals surface area contributed by atoms with Crippen molar-refractivity contribution >= 4 is 5.97 Å². The lowest BCUT2D eigenvalue weighted by Gasteiger charge is -2.12. The number of carbonyl (C=O) groups is 1. The Morgan fingerprint density at radius 1 is 1.47 bits per heavy atom. The molecule has 0 radical (unpaired) electrons. The minimum absolute atomic E-state index is 0.103. The van der Waals surface area contributed by atoms with Crippen molar-refractivity contribution in [3.8, 4) is 5.88 Å². The van der Waals surface area contributed by atoms with E-state index in [0.717, 1.165) is 6.07 Å². The van der Waals surface area contributed by atoms with Crippen LogP contribution in [0.2, 0.25) is 0 Å². The van der Waals surface area contributed by atoms with Crippen LogP contribution in [0.5, 0.6) is 5.88 Å². The molecule has 1 aromatic rings. The summed E-state index contributed by atoms with van der Waals surface area (Å²) in [6.07, 6.45) is -2.91. The summed E-state index contributed by atoms with van der Waals surface area (Å²) in [5.74, 6) is -0.478. The van der Waals surface area contributed by atoms with Crippen LogP contribution in [0.1, 0.15) is 23.2 Å². The van der Waals surface area contributed by atoms with Gasteiger partial charge in [-0.1, -0.05) is 0 Å². The number of rotatable bonds is 4. The number of ether oxygens (including phenoxy) is 2. The van der Waals surface area contributed by atoms with E-state index >= 15 is 0 Å². The summed E-state index contributed by atoms with van der Waals surface area (Å²) in [7, 11) is 2.55. The third-order valence-corrected chi connectivity index (χ3v) is 2.34. The molecule has 0 aromatic carbocycles. The fraction of sp³-hybridized carbons (Fsp3) is 0.455. The van der Waals surface area contributed by atoms with Crippen LogP contribution in [0, 0.1) is 6.92 Å². The van der Waals surface area contributed by atoms with E-state index in [1.807, 2.05) is 0 Å². The monoisotopic (exact) mass is 245 g/mol. The maximum Gasteiger partial charge on any atom is 0.310 e. The van der Waals surface area contributed by atoms with Gasteiger partial charge in [0.05, 0.1) is 20.6 Å². The van der Waals surface area contributed by atoms with Crippen LogP contribution in [0.4, 0.5) is 8.78 Å². The molecule has 4 nitrogen and oxygen atoms in total. The summed E-state index contributed by atoms with van der Waals surface area (Å²) in [4.78, 5) is 15.1. The van der Waals surface area contributed by atoms with Crippen molar-refractivity contribution in [2.45, 2.75) is 19.8 Å². The number of aromatic nitrogens is 1. The Hall–Kier alpha value is -1.72. The van der Waals surface area contributed by atoms with E-state index in [0.29, 0.717) is 5.69 Å². The lowest BCUT2D eigenvalue weighted by atomic mass is 10.0. The average molecular weight is 245 g/mol. The van der Waals surface area contributed by atoms with E-state index < -0.39 is 12.4 Å². The van der Waals surface area contributed by atoms with Crippen LogP contribution in [-0.2, 0) is 16.0 Å². The standard InChI is InChI=1S/C11H13F2NO3/c1-6-7(5-10(15)17-3)8(11(12)13)4-9(14-6)16-2/h4,11H,5H2,1-3H3. The van der Waals surface area contributed by atoms with Crippen molar-refractivity contribution in [1.29, 1.82) is 0 Å². The van der Waals surface area contributed by atoms with Crippen LogP contribution in [0.15, 0.2) is 6.07 Å². The van der Waals surface area contributed by atoms with E-state index in [1.165, 1.54) is 14.2 Å². The second-order valence-electron chi connectivity index (χ2n) is 3.37. The Morgan fingerprint density at radius 2 is 2.12 bits per heavy atom. The van der Waals surface area contributed by atoms with Gasteiger partial charge in [-0.05, 0) is 12.5 Å². The van der Waals surface area contributed by atoms with Gasteiger partial charge >= 0.3 is 5.97 Å². The minimum Gasteiger partial charge on any atom is -0.481 e. The molecule has 0 spiro atoms. The first-order valence-corrected chi connectivity index (χ1v) is 4.89. The van der Waals surface area contributed by atoms with E-state index in [2.05, 4.69) is 9.72 Å². The average Bonchev–Trinajstić information content (AvgIpc) is 2.30. The van der Waals surface area contributed by atoms with Crippen molar-refractivity contribution in [3.63, 3.8) is 0 Å². The lowest BCUT2D eigenvalue weighted by molar-refractivity contribution is -0.139. The van der Waals surface area contributed by atoms with Gasteiger partial charge in [0.15, 0.2) is 0 Å². The summed E-state index contributed by atoms with van der Waals surface area (Å²) in [6, 6.07) is 1.13. The fourth-order valence-electron chi connectivity index (χ4n) is 1.44. The summed E-state index contributed by atoms with van der Waals surface area (Å²) in [5.41, 5.74) is 0.275. The fourth-order valence-corrected chi connectivity index (χ4v) is 1.44. The Bertz CT molecular complexity index is 421. The number of nitrogens with zero attached hydrogens (tertiary/aromatic N) is 1. The Balaban J connectivity index is 3.21. The number of carbonyl (C=O) groups excluding carboxylic acids is 1. The predicted octanol–water partition coefficient (Wildman–Crippen LogP) is 2.05. The van der Waals surface area contributed by atoms with E-state index in [4.69, 9.17) is 4.74 Å². The molecular weight excluding hydrogens is 232 g/mol. The molecule has 17 heavy (non-hydrogen) atoms. The zero-order valence-corrected chi connectivity index (χ0v) is 9.79. The van der Waals surface area contributed by atoms with Crippen molar-refractivity contribution in [2.24, 2.45) is 0 Å². The number of methoxy groups -OCH3 is 2. The summed E-state index contributed by atoms with van der Waals surface area (Å²) in [6.45, 7) is 1.55. The first-order valence-electron chi connectivity index (χ1n) is 4.89. The molecule has 0 N–H and O–H groups in total. The smallest absolute Gasteiger partial charge is 0.310 e. The first-order chi connectivity index (χ1) is 7.99. The maximum atomic E-state index is 12.8. The first kappa shape index (κ1) is 13.3. The molecule has 0 aliphatic carbocycles. The Kier molecular flexibility index (Phi) is 4.37. The molecule has 0 saturated carbocycles. The van der Waals surface area contributed by atoms with Crippen LogP contribution in [0.3, 0.4) is 0 Å². The van der Waals surface area contributed by atoms with Crippen molar-refractivity contribution in [3.05, 3.63) is 22.9 Å². The highest BCUT2D eigenvalue weighted by Crippen LogP contribution is 2.28. The van der Waals surface area contributed by atoms with Gasteiger partial charge in [-0.3, -0.25) is 4.79 Å². The van der Waals surface area contributed by atoms with Crippen LogP contribution in [0.25, 0.3) is 0 Å². The molecule has 1 aromatic heterocycles. The van der Waals surface area contributed by atoms with Crippen LogP contribution >= 0.6 is 0 Å². The van der Waals surface area contributed by atoms with Crippen molar-refractivity contribution in [2.75, 3.05) is 14.2 Å². The molecule has 0 amide bonds. The summed E-state index contributed by atoms with van der Waals surface area (Å²) >= 11 is 0. The van der Waals surface area contributed by atoms with Gasteiger partial charge in [0.25, 0.3) is 6.43 Å². The largest absolute Gasteiger partial charge is 0.481 e. The van der Waals surface area contributed by atoms with Gasteiger partial charge in [0, 0.05) is 17.3 Å². The molecule has 94 valence electrons. The minimum atomic E-state index is -2.69. The number of halogens is 2. The van der Waals surface area contributed by atoms with Gasteiger partial charge in [0.2, 0.25) is 5.88 Å². The molecule has 0 bridgehead atoms. The van der Waals surface area contributed by atoms with E-state index in [-0.39, 0.29) is 23.4 Å². The summed E-state index contributed by atoms with van der Waals surface area (Å²) in [5, 5.41) is 0. The molecule has 1 rings (SSSR count). The third kappa shape index (κ3) is 3.12. The SMILES string of the molecule is COC(=O)Cc1c(C(F)F)cc(OC)nc1C. The number of esters is 1. The van der Waals surface area contributed by atoms with Gasteiger partial charge in [0.1, 0.15) is 0 Å². The number of aryl methyl sites for hydroxylation is 1. The third-order valence-electron chi connectivity index (χ3n) is 2.34. The molecule has 0 fully saturated rings. The quantitative estimate of drug-likeness (QED) is 0.762.